The third-order valence-electron chi connectivity index (χ3n) is 1.73. The summed E-state index contributed by atoms with van der Waals surface area (Å²) in [5, 5.41) is 0. The van der Waals surface area contributed by atoms with Crippen molar-refractivity contribution in [2.75, 3.05) is 0 Å². The van der Waals surface area contributed by atoms with Crippen LogP contribution in [0, 0.1) is 25.7 Å². The molecule has 0 saturated carbocycles. The van der Waals surface area contributed by atoms with Gasteiger partial charge in [-0.05, 0) is 18.8 Å². The van der Waals surface area contributed by atoms with E-state index in [2.05, 4.69) is 27.7 Å². The molecule has 0 spiro atoms. The van der Waals surface area contributed by atoms with Gasteiger partial charge in [-0.15, -0.1) is 0 Å². The monoisotopic (exact) mass is 126 g/mol. The van der Waals surface area contributed by atoms with E-state index in [9.17, 15) is 0 Å². The molecule has 0 fully saturated rings. The van der Waals surface area contributed by atoms with Crippen molar-refractivity contribution in [3.05, 3.63) is 13.8 Å². The summed E-state index contributed by atoms with van der Waals surface area (Å²) in [6.45, 7) is 12.3. The van der Waals surface area contributed by atoms with Crippen LogP contribution in [0.3, 0.4) is 0 Å². The Hall–Kier alpha value is 0. The average Bonchev–Trinajstić information content (AvgIpc) is 1.82. The van der Waals surface area contributed by atoms with Crippen LogP contribution in [0.1, 0.15) is 33.1 Å². The lowest BCUT2D eigenvalue weighted by atomic mass is 9.93. The molecule has 0 aliphatic carbocycles. The second-order valence-corrected chi connectivity index (χ2v) is 2.88. The van der Waals surface area contributed by atoms with Gasteiger partial charge >= 0.3 is 0 Å². The Bertz CT molecular complexity index is 55.1. The van der Waals surface area contributed by atoms with Gasteiger partial charge in [0.25, 0.3) is 0 Å². The van der Waals surface area contributed by atoms with Crippen molar-refractivity contribution in [1.82, 2.24) is 0 Å². The van der Waals surface area contributed by atoms with E-state index in [1.807, 2.05) is 0 Å². The molecule has 0 aromatic heterocycles. The first-order valence-corrected chi connectivity index (χ1v) is 3.84. The number of unbranched alkanes of at least 4 members (excludes halogenated alkanes) is 1. The van der Waals surface area contributed by atoms with Gasteiger partial charge in [-0.25, -0.2) is 0 Å². The average molecular weight is 126 g/mol. The van der Waals surface area contributed by atoms with Crippen LogP contribution < -0.4 is 0 Å². The van der Waals surface area contributed by atoms with Crippen molar-refractivity contribution in [2.45, 2.75) is 33.1 Å². The molecule has 54 valence electrons. The maximum atomic E-state index is 4.01. The molecule has 0 aliphatic heterocycles. The first kappa shape index (κ1) is 9.00. The lowest BCUT2D eigenvalue weighted by Crippen LogP contribution is -2.03. The lowest BCUT2D eigenvalue weighted by Gasteiger charge is -2.13. The summed E-state index contributed by atoms with van der Waals surface area (Å²) in [5.74, 6) is 1.07. The number of rotatable bonds is 4. The highest BCUT2D eigenvalue weighted by molar-refractivity contribution is 4.69. The minimum atomic E-state index is 0.511. The highest BCUT2D eigenvalue weighted by Gasteiger charge is 2.04. The number of hydrogen-bond acceptors (Lipinski definition) is 0. The van der Waals surface area contributed by atoms with Gasteiger partial charge in [0.05, 0.1) is 0 Å². The zero-order chi connectivity index (χ0) is 7.28. The Balaban J connectivity index is 3.16. The van der Waals surface area contributed by atoms with E-state index < -0.39 is 0 Å². The molecule has 0 aromatic carbocycles. The molecule has 0 aliphatic rings. The van der Waals surface area contributed by atoms with E-state index >= 15 is 0 Å². The van der Waals surface area contributed by atoms with Crippen LogP contribution in [0.25, 0.3) is 0 Å². The molecule has 9 heavy (non-hydrogen) atoms. The van der Waals surface area contributed by atoms with E-state index in [1.54, 1.807) is 0 Å². The Morgan fingerprint density at radius 1 is 1.33 bits per heavy atom. The highest BCUT2D eigenvalue weighted by Crippen LogP contribution is 2.15. The molecule has 0 N–H and O–H groups in total. The predicted octanol–water partition coefficient (Wildman–Crippen LogP) is 3.10. The smallest absolute Gasteiger partial charge is 0.0388 e. The van der Waals surface area contributed by atoms with Gasteiger partial charge in [0.15, 0.2) is 0 Å². The molecule has 0 aromatic rings. The van der Waals surface area contributed by atoms with Crippen LogP contribution in [0.5, 0.6) is 0 Å². The quantitative estimate of drug-likeness (QED) is 0.543. The first-order chi connectivity index (χ1) is 4.18. The summed E-state index contributed by atoms with van der Waals surface area (Å²) in [5.41, 5.74) is 0. The van der Waals surface area contributed by atoms with Gasteiger partial charge in [0.2, 0.25) is 0 Å². The maximum absolute atomic E-state index is 4.01. The molecular weight excluding hydrogens is 108 g/mol. The van der Waals surface area contributed by atoms with Gasteiger partial charge in [-0.2, -0.15) is 0 Å². The van der Waals surface area contributed by atoms with E-state index in [-0.39, 0.29) is 0 Å². The normalized spacial score (nSPS) is 14.3. The van der Waals surface area contributed by atoms with Gasteiger partial charge in [0.1, 0.15) is 0 Å². The van der Waals surface area contributed by atoms with Crippen LogP contribution in [0.15, 0.2) is 0 Å². The summed E-state index contributed by atoms with van der Waals surface area (Å²) in [4.78, 5) is 0. The zero-order valence-electron chi connectivity index (χ0n) is 6.69. The maximum Gasteiger partial charge on any atom is -0.0388 e. The van der Waals surface area contributed by atoms with Crippen LogP contribution in [-0.2, 0) is 0 Å². The summed E-state index contributed by atoms with van der Waals surface area (Å²) < 4.78 is 0. The molecule has 0 saturated heterocycles. The summed E-state index contributed by atoms with van der Waals surface area (Å²) in [7, 11) is 0. The topological polar surface area (TPSA) is 0 Å². The fraction of sp³-hybridized carbons (Fsp3) is 0.778. The Morgan fingerprint density at radius 2 is 1.89 bits per heavy atom. The molecule has 0 bridgehead atoms. The predicted molar refractivity (Wildman–Crippen MR) is 42.9 cm³/mol. The molecule has 2 atom stereocenters. The Kier molecular flexibility index (Phi) is 4.84. The largest absolute Gasteiger partial charge is 0.0654 e. The minimum absolute atomic E-state index is 0.511. The van der Waals surface area contributed by atoms with Gasteiger partial charge in [0, 0.05) is 0 Å². The van der Waals surface area contributed by atoms with E-state index in [1.165, 1.54) is 19.3 Å². The Morgan fingerprint density at radius 3 is 2.22 bits per heavy atom. The molecular formula is C9H18. The van der Waals surface area contributed by atoms with E-state index in [0.717, 1.165) is 0 Å². The lowest BCUT2D eigenvalue weighted by molar-refractivity contribution is 0.452. The van der Waals surface area contributed by atoms with Crippen LogP contribution in [-0.4, -0.2) is 0 Å². The van der Waals surface area contributed by atoms with Crippen molar-refractivity contribution in [1.29, 1.82) is 0 Å². The minimum Gasteiger partial charge on any atom is -0.0654 e. The van der Waals surface area contributed by atoms with Crippen LogP contribution in [0.4, 0.5) is 0 Å². The van der Waals surface area contributed by atoms with Crippen molar-refractivity contribution >= 4 is 0 Å². The van der Waals surface area contributed by atoms with Crippen LogP contribution >= 0.6 is 0 Å². The van der Waals surface area contributed by atoms with Crippen molar-refractivity contribution < 1.29 is 0 Å². The molecule has 0 nitrogen and oxygen atoms in total. The van der Waals surface area contributed by atoms with Gasteiger partial charge < -0.3 is 0 Å². The van der Waals surface area contributed by atoms with E-state index in [4.69, 9.17) is 0 Å². The van der Waals surface area contributed by atoms with Gasteiger partial charge in [-0.1, -0.05) is 40.0 Å². The van der Waals surface area contributed by atoms with Crippen LogP contribution in [0.2, 0.25) is 0 Å². The SMILES string of the molecule is [CH2]C(C)C([CH2])CCCC. The Labute approximate surface area is 59.7 Å². The zero-order valence-corrected chi connectivity index (χ0v) is 6.69. The second-order valence-electron chi connectivity index (χ2n) is 2.88. The summed E-state index contributed by atoms with van der Waals surface area (Å²) >= 11 is 0. The van der Waals surface area contributed by atoms with Crippen molar-refractivity contribution in [3.63, 3.8) is 0 Å². The van der Waals surface area contributed by atoms with E-state index in [0.29, 0.717) is 11.8 Å². The standard InChI is InChI=1S/C9H18/c1-5-6-7-9(4)8(2)3/h8-9H,2,4-7H2,1,3H3. The molecule has 0 heterocycles. The van der Waals surface area contributed by atoms with Crippen molar-refractivity contribution in [2.24, 2.45) is 11.8 Å². The van der Waals surface area contributed by atoms with Crippen molar-refractivity contribution in [3.8, 4) is 0 Å². The molecule has 2 unspecified atom stereocenters. The second kappa shape index (κ2) is 4.84. The molecule has 0 rings (SSSR count). The molecule has 0 heteroatoms. The summed E-state index contributed by atoms with van der Waals surface area (Å²) in [6, 6.07) is 0. The third-order valence-corrected chi connectivity index (χ3v) is 1.73. The van der Waals surface area contributed by atoms with Gasteiger partial charge in [-0.3, -0.25) is 0 Å². The molecule has 0 amide bonds. The molecule has 2 radical (unpaired) electrons. The number of hydrogen-bond donors (Lipinski definition) is 0. The highest BCUT2D eigenvalue weighted by atomic mass is 14.1. The fourth-order valence-electron chi connectivity index (χ4n) is 0.751. The summed E-state index contributed by atoms with van der Waals surface area (Å²) in [6.07, 6.45) is 3.81. The fourth-order valence-corrected chi connectivity index (χ4v) is 0.751. The third kappa shape index (κ3) is 4.50. The first-order valence-electron chi connectivity index (χ1n) is 3.84.